The van der Waals surface area contributed by atoms with E-state index >= 15 is 0 Å². The monoisotopic (exact) mass is 154 g/mol. The van der Waals surface area contributed by atoms with Crippen molar-refractivity contribution in [2.45, 2.75) is 27.7 Å². The third-order valence-corrected chi connectivity index (χ3v) is 2.13. The summed E-state index contributed by atoms with van der Waals surface area (Å²) in [5.74, 6) is 1.13. The van der Waals surface area contributed by atoms with Crippen LogP contribution in [0.4, 0.5) is 0 Å². The van der Waals surface area contributed by atoms with Crippen molar-refractivity contribution in [2.75, 3.05) is 0 Å². The smallest absolute Gasteiger partial charge is 0.133 e. The number of carbonyl (C=O) groups excluding carboxylic acids is 1. The molecule has 0 aliphatic heterocycles. The second-order valence-electron chi connectivity index (χ2n) is 3.48. The van der Waals surface area contributed by atoms with Gasteiger partial charge in [0, 0.05) is 5.92 Å². The molecule has 0 saturated heterocycles. The van der Waals surface area contributed by atoms with Crippen molar-refractivity contribution in [3.63, 3.8) is 0 Å². The number of ketones is 1. The normalized spacial score (nSPS) is 16.1. The molecule has 0 aliphatic rings. The summed E-state index contributed by atoms with van der Waals surface area (Å²) in [6.07, 6.45) is 1.85. The van der Waals surface area contributed by atoms with Gasteiger partial charge in [0.2, 0.25) is 0 Å². The standard InChI is InChI=1S/C10H18O/c1-6-8(4)10(7(2)3)9(5)11/h6-8,10H,1H2,2-5H3. The lowest BCUT2D eigenvalue weighted by atomic mass is 9.82. The second kappa shape index (κ2) is 4.32. The Balaban J connectivity index is 4.33. The summed E-state index contributed by atoms with van der Waals surface area (Å²) in [5, 5.41) is 0. The van der Waals surface area contributed by atoms with Crippen LogP contribution in [0.2, 0.25) is 0 Å². The fourth-order valence-electron chi connectivity index (χ4n) is 1.59. The van der Waals surface area contributed by atoms with Crippen LogP contribution in [-0.4, -0.2) is 5.78 Å². The molecule has 0 aliphatic carbocycles. The summed E-state index contributed by atoms with van der Waals surface area (Å²) in [6.45, 7) is 11.5. The van der Waals surface area contributed by atoms with Gasteiger partial charge in [0.1, 0.15) is 5.78 Å². The molecule has 2 atom stereocenters. The molecule has 2 unspecified atom stereocenters. The number of Topliss-reactive ketones (excluding diaryl/α,β-unsaturated/α-hetero) is 1. The van der Waals surface area contributed by atoms with Crippen LogP contribution >= 0.6 is 0 Å². The number of rotatable bonds is 4. The van der Waals surface area contributed by atoms with Gasteiger partial charge in [0.05, 0.1) is 0 Å². The van der Waals surface area contributed by atoms with E-state index in [1.54, 1.807) is 6.92 Å². The van der Waals surface area contributed by atoms with Crippen LogP contribution in [0, 0.1) is 17.8 Å². The molecule has 64 valence electrons. The minimum Gasteiger partial charge on any atom is -0.300 e. The van der Waals surface area contributed by atoms with Gasteiger partial charge in [-0.15, -0.1) is 6.58 Å². The molecular formula is C10H18O. The number of hydrogen-bond donors (Lipinski definition) is 0. The molecule has 0 radical (unpaired) electrons. The van der Waals surface area contributed by atoms with Crippen LogP contribution in [0.25, 0.3) is 0 Å². The molecule has 0 rings (SSSR count). The van der Waals surface area contributed by atoms with Crippen molar-refractivity contribution in [2.24, 2.45) is 17.8 Å². The summed E-state index contributed by atoms with van der Waals surface area (Å²) < 4.78 is 0. The molecule has 0 bridgehead atoms. The van der Waals surface area contributed by atoms with Gasteiger partial charge in [-0.2, -0.15) is 0 Å². The Labute approximate surface area is 69.5 Å². The van der Waals surface area contributed by atoms with Crippen molar-refractivity contribution in [3.8, 4) is 0 Å². The van der Waals surface area contributed by atoms with Crippen LogP contribution in [0.1, 0.15) is 27.7 Å². The van der Waals surface area contributed by atoms with Crippen LogP contribution in [0.5, 0.6) is 0 Å². The number of carbonyl (C=O) groups is 1. The molecule has 0 aromatic rings. The lowest BCUT2D eigenvalue weighted by Crippen LogP contribution is -2.23. The van der Waals surface area contributed by atoms with Gasteiger partial charge in [0.25, 0.3) is 0 Å². The van der Waals surface area contributed by atoms with E-state index in [4.69, 9.17) is 0 Å². The average molecular weight is 154 g/mol. The summed E-state index contributed by atoms with van der Waals surface area (Å²) in [7, 11) is 0. The zero-order valence-corrected chi connectivity index (χ0v) is 7.92. The quantitative estimate of drug-likeness (QED) is 0.569. The van der Waals surface area contributed by atoms with Gasteiger partial charge in [-0.3, -0.25) is 4.79 Å². The lowest BCUT2D eigenvalue weighted by molar-refractivity contribution is -0.123. The van der Waals surface area contributed by atoms with E-state index in [-0.39, 0.29) is 11.7 Å². The maximum atomic E-state index is 11.1. The first kappa shape index (κ1) is 10.4. The van der Waals surface area contributed by atoms with E-state index in [0.717, 1.165) is 0 Å². The molecule has 0 amide bonds. The predicted octanol–water partition coefficient (Wildman–Crippen LogP) is 2.67. The molecule has 0 aromatic carbocycles. The first-order valence-electron chi connectivity index (χ1n) is 4.13. The summed E-state index contributed by atoms with van der Waals surface area (Å²) in [5.41, 5.74) is 0. The maximum Gasteiger partial charge on any atom is 0.133 e. The highest BCUT2D eigenvalue weighted by atomic mass is 16.1. The van der Waals surface area contributed by atoms with E-state index in [1.165, 1.54) is 0 Å². The molecular weight excluding hydrogens is 136 g/mol. The van der Waals surface area contributed by atoms with Gasteiger partial charge in [-0.25, -0.2) is 0 Å². The summed E-state index contributed by atoms with van der Waals surface area (Å²) in [4.78, 5) is 11.1. The second-order valence-corrected chi connectivity index (χ2v) is 3.48. The molecule has 11 heavy (non-hydrogen) atoms. The van der Waals surface area contributed by atoms with Crippen LogP contribution in [0.15, 0.2) is 12.7 Å². The third-order valence-electron chi connectivity index (χ3n) is 2.13. The Bertz CT molecular complexity index is 147. The van der Waals surface area contributed by atoms with Crippen molar-refractivity contribution in [3.05, 3.63) is 12.7 Å². The Morgan fingerprint density at radius 1 is 1.36 bits per heavy atom. The fourth-order valence-corrected chi connectivity index (χ4v) is 1.59. The van der Waals surface area contributed by atoms with E-state index in [2.05, 4.69) is 20.4 Å². The van der Waals surface area contributed by atoms with Crippen molar-refractivity contribution in [1.29, 1.82) is 0 Å². The van der Waals surface area contributed by atoms with Crippen molar-refractivity contribution < 1.29 is 4.79 Å². The molecule has 0 fully saturated rings. The zero-order valence-electron chi connectivity index (χ0n) is 7.92. The van der Waals surface area contributed by atoms with E-state index < -0.39 is 0 Å². The zero-order chi connectivity index (χ0) is 9.02. The molecule has 1 nitrogen and oxygen atoms in total. The first-order chi connectivity index (χ1) is 5.00. The first-order valence-corrected chi connectivity index (χ1v) is 4.13. The largest absolute Gasteiger partial charge is 0.300 e. The summed E-state index contributed by atoms with van der Waals surface area (Å²) >= 11 is 0. The van der Waals surface area contributed by atoms with Gasteiger partial charge < -0.3 is 0 Å². The SMILES string of the molecule is C=CC(C)C(C(C)=O)C(C)C. The molecule has 0 N–H and O–H groups in total. The highest BCUT2D eigenvalue weighted by Crippen LogP contribution is 2.22. The Kier molecular flexibility index (Phi) is 4.09. The summed E-state index contributed by atoms with van der Waals surface area (Å²) in [6, 6.07) is 0. The van der Waals surface area contributed by atoms with Gasteiger partial charge >= 0.3 is 0 Å². The topological polar surface area (TPSA) is 17.1 Å². The lowest BCUT2D eigenvalue weighted by Gasteiger charge is -2.21. The van der Waals surface area contributed by atoms with Crippen LogP contribution < -0.4 is 0 Å². The number of allylic oxidation sites excluding steroid dienone is 1. The van der Waals surface area contributed by atoms with Crippen molar-refractivity contribution >= 4 is 5.78 Å². The fraction of sp³-hybridized carbons (Fsp3) is 0.700. The maximum absolute atomic E-state index is 11.1. The van der Waals surface area contributed by atoms with Gasteiger partial charge in [0.15, 0.2) is 0 Å². The highest BCUT2D eigenvalue weighted by molar-refractivity contribution is 5.79. The number of hydrogen-bond acceptors (Lipinski definition) is 1. The van der Waals surface area contributed by atoms with Crippen molar-refractivity contribution in [1.82, 2.24) is 0 Å². The minimum absolute atomic E-state index is 0.146. The Hall–Kier alpha value is -0.590. The van der Waals surface area contributed by atoms with Crippen LogP contribution in [0.3, 0.4) is 0 Å². The highest BCUT2D eigenvalue weighted by Gasteiger charge is 2.22. The minimum atomic E-state index is 0.146. The Morgan fingerprint density at radius 3 is 1.91 bits per heavy atom. The molecule has 0 saturated carbocycles. The van der Waals surface area contributed by atoms with E-state index in [9.17, 15) is 4.79 Å². The molecule has 0 spiro atoms. The molecule has 1 heteroatoms. The van der Waals surface area contributed by atoms with Crippen LogP contribution in [-0.2, 0) is 4.79 Å². The molecule has 0 heterocycles. The average Bonchev–Trinajstić information content (AvgIpc) is 1.85. The third kappa shape index (κ3) is 2.87. The van der Waals surface area contributed by atoms with E-state index in [1.807, 2.05) is 13.0 Å². The molecule has 0 aromatic heterocycles. The Morgan fingerprint density at radius 2 is 1.82 bits per heavy atom. The van der Waals surface area contributed by atoms with E-state index in [0.29, 0.717) is 11.8 Å². The van der Waals surface area contributed by atoms with Gasteiger partial charge in [-0.05, 0) is 18.8 Å². The van der Waals surface area contributed by atoms with Gasteiger partial charge in [-0.1, -0.05) is 26.8 Å². The predicted molar refractivity (Wildman–Crippen MR) is 48.4 cm³/mol.